The van der Waals surface area contributed by atoms with Gasteiger partial charge in [0.15, 0.2) is 0 Å². The van der Waals surface area contributed by atoms with E-state index in [0.717, 1.165) is 23.7 Å². The molecule has 0 aliphatic carbocycles. The summed E-state index contributed by atoms with van der Waals surface area (Å²) < 4.78 is 0. The lowest BCUT2D eigenvalue weighted by molar-refractivity contribution is -0.116. The minimum Gasteiger partial charge on any atom is -0.326 e. The molecule has 2 rings (SSSR count). The van der Waals surface area contributed by atoms with E-state index in [-0.39, 0.29) is 18.3 Å². The Hall–Kier alpha value is -0.420. The first-order valence-electron chi connectivity index (χ1n) is 5.60. The second kappa shape index (κ2) is 7.89. The predicted octanol–water partition coefficient (Wildman–Crippen LogP) is 2.80. The fraction of sp³-hybridized carbons (Fsp3) is 0.417. The van der Waals surface area contributed by atoms with Gasteiger partial charge in [0.2, 0.25) is 5.91 Å². The van der Waals surface area contributed by atoms with Crippen LogP contribution in [0.5, 0.6) is 0 Å². The Bertz CT molecular complexity index is 380. The number of rotatable bonds is 3. The third-order valence-electron chi connectivity index (χ3n) is 2.56. The number of halogens is 2. The van der Waals surface area contributed by atoms with Gasteiger partial charge < -0.3 is 10.6 Å². The van der Waals surface area contributed by atoms with Gasteiger partial charge in [-0.1, -0.05) is 11.6 Å². The van der Waals surface area contributed by atoms with E-state index in [1.54, 1.807) is 12.1 Å². The van der Waals surface area contributed by atoms with Crippen LogP contribution in [0.1, 0.15) is 6.42 Å². The maximum absolute atomic E-state index is 11.8. The molecule has 0 spiro atoms. The lowest BCUT2D eigenvalue weighted by atomic mass is 10.2. The molecule has 1 saturated heterocycles. The fourth-order valence-electron chi connectivity index (χ4n) is 1.72. The summed E-state index contributed by atoms with van der Waals surface area (Å²) in [6.07, 6.45) is 0.523. The van der Waals surface area contributed by atoms with Crippen LogP contribution >= 0.6 is 35.8 Å². The van der Waals surface area contributed by atoms with Crippen molar-refractivity contribution in [2.24, 2.45) is 0 Å². The quantitative estimate of drug-likeness (QED) is 0.902. The summed E-state index contributed by atoms with van der Waals surface area (Å²) in [5.41, 5.74) is 0.794. The van der Waals surface area contributed by atoms with Crippen LogP contribution in [-0.4, -0.2) is 30.0 Å². The predicted molar refractivity (Wildman–Crippen MR) is 81.1 cm³/mol. The molecule has 1 aliphatic heterocycles. The zero-order chi connectivity index (χ0) is 12.1. The van der Waals surface area contributed by atoms with Crippen LogP contribution < -0.4 is 10.6 Å². The summed E-state index contributed by atoms with van der Waals surface area (Å²) in [5, 5.41) is 6.89. The second-order valence-corrected chi connectivity index (χ2v) is 5.57. The molecule has 3 nitrogen and oxygen atoms in total. The van der Waals surface area contributed by atoms with Crippen molar-refractivity contribution in [3.8, 4) is 0 Å². The largest absolute Gasteiger partial charge is 0.326 e. The van der Waals surface area contributed by atoms with E-state index < -0.39 is 0 Å². The Labute approximate surface area is 122 Å². The van der Waals surface area contributed by atoms with Crippen LogP contribution in [-0.2, 0) is 4.79 Å². The Morgan fingerprint density at radius 2 is 2.17 bits per heavy atom. The number of carbonyl (C=O) groups excluding carboxylic acids is 1. The lowest BCUT2D eigenvalue weighted by Gasteiger charge is -2.22. The van der Waals surface area contributed by atoms with Crippen molar-refractivity contribution in [2.75, 3.05) is 23.4 Å². The van der Waals surface area contributed by atoms with E-state index in [9.17, 15) is 4.79 Å². The van der Waals surface area contributed by atoms with E-state index >= 15 is 0 Å². The van der Waals surface area contributed by atoms with E-state index in [0.29, 0.717) is 17.5 Å². The summed E-state index contributed by atoms with van der Waals surface area (Å²) in [5.74, 6) is 2.19. The number of hydrogen-bond donors (Lipinski definition) is 2. The molecule has 6 heteroatoms. The number of anilines is 1. The number of benzene rings is 1. The number of hydrogen-bond acceptors (Lipinski definition) is 3. The summed E-state index contributed by atoms with van der Waals surface area (Å²) in [6.45, 7) is 0.990. The number of thioether (sulfide) groups is 1. The molecule has 18 heavy (non-hydrogen) atoms. The Balaban J connectivity index is 0.00000162. The minimum absolute atomic E-state index is 0. The van der Waals surface area contributed by atoms with Gasteiger partial charge in [0.1, 0.15) is 0 Å². The number of amides is 1. The fourth-order valence-corrected chi connectivity index (χ4v) is 2.79. The first kappa shape index (κ1) is 15.6. The smallest absolute Gasteiger partial charge is 0.225 e. The lowest BCUT2D eigenvalue weighted by Crippen LogP contribution is -2.39. The molecule has 1 aliphatic rings. The highest BCUT2D eigenvalue weighted by molar-refractivity contribution is 7.99. The van der Waals surface area contributed by atoms with Crippen LogP contribution in [0, 0.1) is 0 Å². The van der Waals surface area contributed by atoms with Crippen LogP contribution in [0.15, 0.2) is 24.3 Å². The van der Waals surface area contributed by atoms with Crippen LogP contribution in [0.4, 0.5) is 5.69 Å². The molecular weight excluding hydrogens is 291 g/mol. The Morgan fingerprint density at radius 3 is 2.78 bits per heavy atom. The average molecular weight is 307 g/mol. The molecule has 1 fully saturated rings. The highest BCUT2D eigenvalue weighted by Crippen LogP contribution is 2.15. The van der Waals surface area contributed by atoms with Gasteiger partial charge in [-0.25, -0.2) is 0 Å². The van der Waals surface area contributed by atoms with Crippen molar-refractivity contribution < 1.29 is 4.79 Å². The van der Waals surface area contributed by atoms with Crippen LogP contribution in [0.25, 0.3) is 0 Å². The minimum atomic E-state index is 0. The molecule has 2 N–H and O–H groups in total. The maximum Gasteiger partial charge on any atom is 0.225 e. The van der Waals surface area contributed by atoms with Crippen LogP contribution in [0.3, 0.4) is 0 Å². The molecule has 1 aromatic rings. The maximum atomic E-state index is 11.8. The van der Waals surface area contributed by atoms with Gasteiger partial charge in [0.05, 0.1) is 0 Å². The van der Waals surface area contributed by atoms with Gasteiger partial charge >= 0.3 is 0 Å². The monoisotopic (exact) mass is 306 g/mol. The van der Waals surface area contributed by atoms with Crippen molar-refractivity contribution >= 4 is 47.4 Å². The van der Waals surface area contributed by atoms with Gasteiger partial charge in [-0.05, 0) is 24.3 Å². The van der Waals surface area contributed by atoms with Crippen molar-refractivity contribution in [1.29, 1.82) is 0 Å². The molecule has 100 valence electrons. The van der Waals surface area contributed by atoms with Crippen LogP contribution in [0.2, 0.25) is 5.02 Å². The third kappa shape index (κ3) is 5.06. The normalized spacial score (nSPS) is 18.8. The van der Waals surface area contributed by atoms with Crippen molar-refractivity contribution in [1.82, 2.24) is 5.32 Å². The highest BCUT2D eigenvalue weighted by Gasteiger charge is 2.16. The molecule has 1 amide bonds. The summed E-state index contributed by atoms with van der Waals surface area (Å²) >= 11 is 7.67. The topological polar surface area (TPSA) is 41.1 Å². The standard InChI is InChI=1S/C12H15ClN2OS.ClH/c13-9-1-3-10(4-2-9)15-12(16)7-11-8-17-6-5-14-11;/h1-4,11,14H,5-8H2,(H,15,16);1H. The molecular formula is C12H16Cl2N2OS. The van der Waals surface area contributed by atoms with Gasteiger partial charge in [-0.3, -0.25) is 4.79 Å². The molecule has 0 aromatic heterocycles. The van der Waals surface area contributed by atoms with E-state index in [1.807, 2.05) is 23.9 Å². The Kier molecular flexibility index (Phi) is 6.86. The van der Waals surface area contributed by atoms with Gasteiger partial charge in [-0.2, -0.15) is 11.8 Å². The van der Waals surface area contributed by atoms with Crippen molar-refractivity contribution in [3.63, 3.8) is 0 Å². The number of carbonyl (C=O) groups is 1. The SMILES string of the molecule is Cl.O=C(CC1CSCCN1)Nc1ccc(Cl)cc1. The first-order valence-corrected chi connectivity index (χ1v) is 7.14. The molecule has 0 saturated carbocycles. The molecule has 0 bridgehead atoms. The third-order valence-corrected chi connectivity index (χ3v) is 3.94. The van der Waals surface area contributed by atoms with Gasteiger partial charge in [0, 0.05) is 41.2 Å². The van der Waals surface area contributed by atoms with Gasteiger partial charge in [0.25, 0.3) is 0 Å². The summed E-state index contributed by atoms with van der Waals surface area (Å²) in [7, 11) is 0. The van der Waals surface area contributed by atoms with Gasteiger partial charge in [-0.15, -0.1) is 12.4 Å². The Morgan fingerprint density at radius 1 is 1.44 bits per heavy atom. The first-order chi connectivity index (χ1) is 8.24. The van der Waals surface area contributed by atoms with E-state index in [2.05, 4.69) is 10.6 Å². The summed E-state index contributed by atoms with van der Waals surface area (Å²) in [4.78, 5) is 11.8. The zero-order valence-electron chi connectivity index (χ0n) is 9.82. The highest BCUT2D eigenvalue weighted by atomic mass is 35.5. The van der Waals surface area contributed by atoms with Crippen molar-refractivity contribution in [2.45, 2.75) is 12.5 Å². The molecule has 1 unspecified atom stereocenters. The molecule has 1 heterocycles. The summed E-state index contributed by atoms with van der Waals surface area (Å²) in [6, 6.07) is 7.45. The van der Waals surface area contributed by atoms with Crippen molar-refractivity contribution in [3.05, 3.63) is 29.3 Å². The van der Waals surface area contributed by atoms with E-state index in [1.165, 1.54) is 0 Å². The van der Waals surface area contributed by atoms with E-state index in [4.69, 9.17) is 11.6 Å². The molecule has 1 aromatic carbocycles. The molecule has 0 radical (unpaired) electrons. The average Bonchev–Trinajstić information content (AvgIpc) is 2.33. The number of nitrogens with one attached hydrogen (secondary N) is 2. The molecule has 1 atom stereocenters. The second-order valence-electron chi connectivity index (χ2n) is 3.99. The zero-order valence-corrected chi connectivity index (χ0v) is 12.2.